The Bertz CT molecular complexity index is 793. The minimum absolute atomic E-state index is 0.151. The van der Waals surface area contributed by atoms with Crippen LogP contribution in [-0.4, -0.2) is 41.9 Å². The quantitative estimate of drug-likeness (QED) is 0.565. The molecule has 0 saturated carbocycles. The van der Waals surface area contributed by atoms with Gasteiger partial charge in [0.25, 0.3) is 0 Å². The van der Waals surface area contributed by atoms with E-state index in [4.69, 9.17) is 9.47 Å². The first-order chi connectivity index (χ1) is 13.7. The highest BCUT2D eigenvalue weighted by Crippen LogP contribution is 2.23. The van der Waals surface area contributed by atoms with Crippen LogP contribution in [0.15, 0.2) is 60.7 Å². The van der Waals surface area contributed by atoms with Gasteiger partial charge in [-0.3, -0.25) is 0 Å². The Hall–Kier alpha value is -3.15. The molecule has 6 heteroatoms. The predicted octanol–water partition coefficient (Wildman–Crippen LogP) is 3.60. The van der Waals surface area contributed by atoms with Gasteiger partial charge in [0, 0.05) is 12.5 Å². The topological polar surface area (TPSA) is 72.9 Å². The molecule has 2 unspecified atom stereocenters. The number of piperidine rings is 1. The zero-order valence-corrected chi connectivity index (χ0v) is 15.5. The maximum Gasteiger partial charge on any atom is 0.410 e. The Kier molecular flexibility index (Phi) is 6.78. The number of carbonyl (C=O) groups excluding carboxylic acids is 3. The molecule has 1 fully saturated rings. The Morgan fingerprint density at radius 1 is 1.00 bits per heavy atom. The third-order valence-corrected chi connectivity index (χ3v) is 4.75. The zero-order chi connectivity index (χ0) is 19.8. The van der Waals surface area contributed by atoms with Gasteiger partial charge in [-0.25, -0.2) is 9.59 Å². The third kappa shape index (κ3) is 5.19. The number of hydrogen-bond donors (Lipinski definition) is 0. The van der Waals surface area contributed by atoms with E-state index in [9.17, 15) is 14.4 Å². The van der Waals surface area contributed by atoms with E-state index < -0.39 is 18.2 Å². The van der Waals surface area contributed by atoms with Gasteiger partial charge in [-0.15, -0.1) is 0 Å². The molecule has 1 aliphatic rings. The van der Waals surface area contributed by atoms with E-state index in [1.165, 1.54) is 4.90 Å². The smallest absolute Gasteiger partial charge is 0.410 e. The number of amides is 1. The summed E-state index contributed by atoms with van der Waals surface area (Å²) in [4.78, 5) is 37.4. The molecule has 2 aromatic carbocycles. The van der Waals surface area contributed by atoms with Crippen LogP contribution in [0, 0.1) is 0 Å². The first kappa shape index (κ1) is 19.6. The standard InChI is InChI=1S/C22H23NO5/c24-14-13-19-11-12-20(28-21(25)18-9-5-2-6-10-18)15-23(19)22(26)27-16-17-7-3-1-4-8-17/h1-10,14,19-20H,11-13,15-16H2. The number of hydrogen-bond acceptors (Lipinski definition) is 5. The van der Waals surface area contributed by atoms with Crippen molar-refractivity contribution in [3.8, 4) is 0 Å². The van der Waals surface area contributed by atoms with Crippen molar-refractivity contribution < 1.29 is 23.9 Å². The number of benzene rings is 2. The minimum atomic E-state index is -0.504. The van der Waals surface area contributed by atoms with Crippen molar-refractivity contribution in [2.24, 2.45) is 0 Å². The van der Waals surface area contributed by atoms with Gasteiger partial charge in [-0.2, -0.15) is 0 Å². The lowest BCUT2D eigenvalue weighted by molar-refractivity contribution is -0.109. The summed E-state index contributed by atoms with van der Waals surface area (Å²) >= 11 is 0. The van der Waals surface area contributed by atoms with Crippen LogP contribution in [0.3, 0.4) is 0 Å². The normalized spacial score (nSPS) is 18.9. The average Bonchev–Trinajstić information content (AvgIpc) is 2.74. The van der Waals surface area contributed by atoms with Crippen molar-refractivity contribution >= 4 is 18.3 Å². The highest BCUT2D eigenvalue weighted by Gasteiger charge is 2.34. The number of carbonyl (C=O) groups is 3. The summed E-state index contributed by atoms with van der Waals surface area (Å²) in [5.41, 5.74) is 1.35. The summed E-state index contributed by atoms with van der Waals surface area (Å²) in [5, 5.41) is 0. The largest absolute Gasteiger partial charge is 0.457 e. The van der Waals surface area contributed by atoms with Crippen molar-refractivity contribution in [3.63, 3.8) is 0 Å². The van der Waals surface area contributed by atoms with Gasteiger partial charge >= 0.3 is 12.1 Å². The minimum Gasteiger partial charge on any atom is -0.457 e. The summed E-state index contributed by atoms with van der Waals surface area (Å²) < 4.78 is 11.0. The zero-order valence-electron chi connectivity index (χ0n) is 15.5. The van der Waals surface area contributed by atoms with E-state index in [-0.39, 0.29) is 25.6 Å². The van der Waals surface area contributed by atoms with E-state index in [2.05, 4.69) is 0 Å². The van der Waals surface area contributed by atoms with Gasteiger partial charge in [-0.1, -0.05) is 48.5 Å². The Morgan fingerprint density at radius 3 is 2.36 bits per heavy atom. The van der Waals surface area contributed by atoms with Crippen LogP contribution >= 0.6 is 0 Å². The second kappa shape index (κ2) is 9.69. The molecule has 2 atom stereocenters. The molecule has 146 valence electrons. The highest BCUT2D eigenvalue weighted by molar-refractivity contribution is 5.89. The Labute approximate surface area is 164 Å². The van der Waals surface area contributed by atoms with E-state index in [0.29, 0.717) is 18.4 Å². The summed E-state index contributed by atoms with van der Waals surface area (Å²) in [6.07, 6.45) is 1.28. The summed E-state index contributed by atoms with van der Waals surface area (Å²) in [6, 6.07) is 17.9. The lowest BCUT2D eigenvalue weighted by atomic mass is 9.98. The van der Waals surface area contributed by atoms with Crippen LogP contribution in [0.5, 0.6) is 0 Å². The number of likely N-dealkylation sites (tertiary alicyclic amines) is 1. The van der Waals surface area contributed by atoms with E-state index >= 15 is 0 Å². The second-order valence-corrected chi connectivity index (χ2v) is 6.72. The molecule has 2 aromatic rings. The van der Waals surface area contributed by atoms with Crippen LogP contribution < -0.4 is 0 Å². The average molecular weight is 381 g/mol. The summed E-state index contributed by atoms with van der Waals surface area (Å²) in [5.74, 6) is -0.419. The molecule has 1 amide bonds. The molecular formula is C22H23NO5. The lowest BCUT2D eigenvalue weighted by Gasteiger charge is -2.37. The molecule has 0 spiro atoms. The fraction of sp³-hybridized carbons (Fsp3) is 0.318. The molecule has 0 N–H and O–H groups in total. The monoisotopic (exact) mass is 381 g/mol. The van der Waals surface area contributed by atoms with Gasteiger partial charge in [0.05, 0.1) is 12.1 Å². The van der Waals surface area contributed by atoms with E-state index in [1.54, 1.807) is 24.3 Å². The predicted molar refractivity (Wildman–Crippen MR) is 103 cm³/mol. The summed E-state index contributed by atoms with van der Waals surface area (Å²) in [6.45, 7) is 0.364. The van der Waals surface area contributed by atoms with Crippen LogP contribution in [0.25, 0.3) is 0 Å². The summed E-state index contributed by atoms with van der Waals surface area (Å²) in [7, 11) is 0. The van der Waals surface area contributed by atoms with Crippen LogP contribution in [0.4, 0.5) is 4.79 Å². The van der Waals surface area contributed by atoms with Crippen LogP contribution in [-0.2, 0) is 20.9 Å². The SMILES string of the molecule is O=CCC1CCC(OC(=O)c2ccccc2)CN1C(=O)OCc1ccccc1. The lowest BCUT2D eigenvalue weighted by Crippen LogP contribution is -2.50. The van der Waals surface area contributed by atoms with Gasteiger partial charge < -0.3 is 19.2 Å². The second-order valence-electron chi connectivity index (χ2n) is 6.72. The first-order valence-corrected chi connectivity index (χ1v) is 9.34. The molecular weight excluding hydrogens is 358 g/mol. The fourth-order valence-electron chi connectivity index (χ4n) is 3.27. The number of aldehydes is 1. The molecule has 1 heterocycles. The van der Waals surface area contributed by atoms with E-state index in [1.807, 2.05) is 36.4 Å². The number of esters is 1. The molecule has 1 saturated heterocycles. The van der Waals surface area contributed by atoms with Crippen LogP contribution in [0.2, 0.25) is 0 Å². The molecule has 6 nitrogen and oxygen atoms in total. The molecule has 0 aliphatic carbocycles. The van der Waals surface area contributed by atoms with Crippen molar-refractivity contribution in [3.05, 3.63) is 71.8 Å². The van der Waals surface area contributed by atoms with Crippen LogP contribution in [0.1, 0.15) is 35.2 Å². The van der Waals surface area contributed by atoms with Gasteiger partial charge in [0.15, 0.2) is 0 Å². The number of nitrogens with zero attached hydrogens (tertiary/aromatic N) is 1. The maximum absolute atomic E-state index is 12.6. The number of ether oxygens (including phenoxy) is 2. The molecule has 0 bridgehead atoms. The molecule has 3 rings (SSSR count). The van der Waals surface area contributed by atoms with Crippen molar-refractivity contribution in [1.29, 1.82) is 0 Å². The van der Waals surface area contributed by atoms with Gasteiger partial charge in [0.2, 0.25) is 0 Å². The molecule has 28 heavy (non-hydrogen) atoms. The Balaban J connectivity index is 1.61. The molecule has 0 aromatic heterocycles. The van der Waals surface area contributed by atoms with Crippen molar-refractivity contribution in [2.45, 2.75) is 38.0 Å². The van der Waals surface area contributed by atoms with Crippen molar-refractivity contribution in [2.75, 3.05) is 6.54 Å². The Morgan fingerprint density at radius 2 is 1.68 bits per heavy atom. The fourth-order valence-corrected chi connectivity index (χ4v) is 3.27. The maximum atomic E-state index is 12.6. The van der Waals surface area contributed by atoms with Crippen molar-refractivity contribution in [1.82, 2.24) is 4.90 Å². The highest BCUT2D eigenvalue weighted by atomic mass is 16.6. The van der Waals surface area contributed by atoms with E-state index in [0.717, 1.165) is 11.8 Å². The molecule has 0 radical (unpaired) electrons. The third-order valence-electron chi connectivity index (χ3n) is 4.75. The van der Waals surface area contributed by atoms with Gasteiger partial charge in [0.1, 0.15) is 19.0 Å². The first-order valence-electron chi connectivity index (χ1n) is 9.34. The molecule has 1 aliphatic heterocycles. The van der Waals surface area contributed by atoms with Gasteiger partial charge in [-0.05, 0) is 30.5 Å². The number of rotatable bonds is 6.